The Bertz CT molecular complexity index is 1680. The van der Waals surface area contributed by atoms with Gasteiger partial charge in [-0.3, -0.25) is 15.0 Å². The van der Waals surface area contributed by atoms with Crippen LogP contribution in [-0.4, -0.2) is 40.3 Å². The number of carbonyl (C=O) groups excluding carboxylic acids is 2. The van der Waals surface area contributed by atoms with Gasteiger partial charge in [0.15, 0.2) is 5.13 Å². The quantitative estimate of drug-likeness (QED) is 0.178. The lowest BCUT2D eigenvalue weighted by atomic mass is 9.96. The lowest BCUT2D eigenvalue weighted by Crippen LogP contribution is -2.31. The van der Waals surface area contributed by atoms with Gasteiger partial charge in [-0.2, -0.15) is 13.2 Å². The molecule has 1 heterocycles. The number of rotatable bonds is 8. The molecule has 0 fully saturated rings. The first-order chi connectivity index (χ1) is 21.1. The fraction of sp³-hybridized carbons (Fsp3) is 0.250. The summed E-state index contributed by atoms with van der Waals surface area (Å²) in [5.74, 6) is -0.476. The Morgan fingerprint density at radius 1 is 0.956 bits per heavy atom. The average Bonchev–Trinajstić information content (AvgIpc) is 3.39. The minimum absolute atomic E-state index is 0.0798. The number of halogens is 3. The second-order valence-electron chi connectivity index (χ2n) is 11.1. The number of nitrogens with one attached hydrogen (secondary N) is 2. The Morgan fingerprint density at radius 3 is 2.22 bits per heavy atom. The van der Waals surface area contributed by atoms with Crippen molar-refractivity contribution in [2.75, 3.05) is 22.1 Å². The Labute approximate surface area is 261 Å². The lowest BCUT2D eigenvalue weighted by Gasteiger charge is -2.19. The van der Waals surface area contributed by atoms with E-state index in [0.717, 1.165) is 22.6 Å². The van der Waals surface area contributed by atoms with E-state index in [9.17, 15) is 32.7 Å². The third kappa shape index (κ3) is 9.05. The summed E-state index contributed by atoms with van der Waals surface area (Å²) < 4.78 is 44.3. The fourth-order valence-corrected chi connectivity index (χ4v) is 5.02. The largest absolute Gasteiger partial charge is 0.465 e. The molecule has 0 atom stereocenters. The van der Waals surface area contributed by atoms with E-state index in [0.29, 0.717) is 33.3 Å². The molecule has 0 aliphatic rings. The molecule has 9 nitrogen and oxygen atoms in total. The van der Waals surface area contributed by atoms with Crippen LogP contribution < -0.4 is 15.5 Å². The Hall–Kier alpha value is -4.91. The molecule has 45 heavy (non-hydrogen) atoms. The van der Waals surface area contributed by atoms with E-state index in [1.165, 1.54) is 23.5 Å². The molecule has 0 spiro atoms. The molecule has 3 aromatic carbocycles. The monoisotopic (exact) mass is 640 g/mol. The van der Waals surface area contributed by atoms with Crippen LogP contribution in [0.5, 0.6) is 0 Å². The van der Waals surface area contributed by atoms with Crippen molar-refractivity contribution in [1.82, 2.24) is 4.98 Å². The van der Waals surface area contributed by atoms with Crippen molar-refractivity contribution in [2.45, 2.75) is 45.9 Å². The molecule has 0 bridgehead atoms. The fourth-order valence-electron chi connectivity index (χ4n) is 4.29. The Balaban J connectivity index is 1.43. The van der Waals surface area contributed by atoms with Gasteiger partial charge in [-0.05, 0) is 81.3 Å². The molecule has 0 saturated carbocycles. The minimum atomic E-state index is -4.47. The first-order valence-corrected chi connectivity index (χ1v) is 14.6. The number of anilines is 3. The summed E-state index contributed by atoms with van der Waals surface area (Å²) in [6.45, 7) is 7.11. The smallest absolute Gasteiger partial charge is 0.416 e. The number of ether oxygens (including phenoxy) is 1. The maximum Gasteiger partial charge on any atom is 0.416 e. The zero-order chi connectivity index (χ0) is 32.9. The van der Waals surface area contributed by atoms with E-state index in [4.69, 9.17) is 4.74 Å². The van der Waals surface area contributed by atoms with E-state index in [2.05, 4.69) is 15.6 Å². The second-order valence-corrected chi connectivity index (χ2v) is 11.9. The van der Waals surface area contributed by atoms with Crippen LogP contribution in [-0.2, 0) is 17.3 Å². The van der Waals surface area contributed by atoms with Crippen molar-refractivity contribution < 1.29 is 37.4 Å². The summed E-state index contributed by atoms with van der Waals surface area (Å²) in [6, 6.07) is 15.9. The third-order valence-corrected chi connectivity index (χ3v) is 7.17. The van der Waals surface area contributed by atoms with Crippen LogP contribution in [0.1, 0.15) is 48.0 Å². The summed E-state index contributed by atoms with van der Waals surface area (Å²) in [5, 5.41) is 17.2. The second kappa shape index (κ2) is 13.4. The lowest BCUT2D eigenvalue weighted by molar-refractivity contribution is -0.137. The normalized spacial score (nSPS) is 11.5. The van der Waals surface area contributed by atoms with Gasteiger partial charge in [0.2, 0.25) is 0 Å². The molecule has 3 N–H and O–H groups in total. The molecule has 0 aliphatic heterocycles. The highest BCUT2D eigenvalue weighted by molar-refractivity contribution is 7.13. The number of hydrogen-bond acceptors (Lipinski definition) is 6. The number of thiazole rings is 1. The van der Waals surface area contributed by atoms with Gasteiger partial charge in [-0.15, -0.1) is 11.3 Å². The van der Waals surface area contributed by atoms with Gasteiger partial charge < -0.3 is 15.2 Å². The van der Waals surface area contributed by atoms with Crippen LogP contribution in [0.3, 0.4) is 0 Å². The first-order valence-electron chi connectivity index (χ1n) is 13.7. The molecule has 0 aliphatic carbocycles. The van der Waals surface area contributed by atoms with Crippen molar-refractivity contribution in [3.05, 3.63) is 94.5 Å². The maximum absolute atomic E-state index is 13.3. The Kier molecular flexibility index (Phi) is 9.81. The van der Waals surface area contributed by atoms with Crippen LogP contribution in [0.4, 0.5) is 39.3 Å². The van der Waals surface area contributed by atoms with Gasteiger partial charge >= 0.3 is 18.4 Å². The number of carbonyl (C=O) groups is 3. The molecule has 0 saturated heterocycles. The van der Waals surface area contributed by atoms with E-state index in [1.54, 1.807) is 75.5 Å². The number of benzene rings is 3. The van der Waals surface area contributed by atoms with Crippen LogP contribution in [0, 0.1) is 6.92 Å². The number of carboxylic acid groups (broad SMARTS) is 1. The summed E-state index contributed by atoms with van der Waals surface area (Å²) in [7, 11) is 0. The van der Waals surface area contributed by atoms with E-state index < -0.39 is 35.4 Å². The summed E-state index contributed by atoms with van der Waals surface area (Å²) in [6.07, 6.45) is -6.02. The predicted octanol–water partition coefficient (Wildman–Crippen LogP) is 8.46. The molecule has 236 valence electrons. The number of aryl methyl sites for hydroxylation is 1. The zero-order valence-electron chi connectivity index (χ0n) is 24.9. The van der Waals surface area contributed by atoms with Crippen molar-refractivity contribution in [3.63, 3.8) is 0 Å². The minimum Gasteiger partial charge on any atom is -0.465 e. The molecule has 13 heteroatoms. The summed E-state index contributed by atoms with van der Waals surface area (Å²) in [4.78, 5) is 42.7. The molecule has 4 rings (SSSR count). The van der Waals surface area contributed by atoms with Gasteiger partial charge in [-0.1, -0.05) is 29.8 Å². The van der Waals surface area contributed by atoms with Crippen molar-refractivity contribution in [2.24, 2.45) is 0 Å². The van der Waals surface area contributed by atoms with Crippen LogP contribution in [0.2, 0.25) is 0 Å². The molecule has 0 unspecified atom stereocenters. The van der Waals surface area contributed by atoms with Gasteiger partial charge in [0.05, 0.1) is 11.3 Å². The van der Waals surface area contributed by atoms with Crippen LogP contribution in [0.25, 0.3) is 11.1 Å². The third-order valence-electron chi connectivity index (χ3n) is 6.36. The van der Waals surface area contributed by atoms with Gasteiger partial charge in [0.1, 0.15) is 5.60 Å². The van der Waals surface area contributed by atoms with Crippen molar-refractivity contribution in [3.8, 4) is 11.1 Å². The maximum atomic E-state index is 13.3. The van der Waals surface area contributed by atoms with E-state index in [-0.39, 0.29) is 18.5 Å². The summed E-state index contributed by atoms with van der Waals surface area (Å²) >= 11 is 1.19. The van der Waals surface area contributed by atoms with Crippen molar-refractivity contribution in [1.29, 1.82) is 0 Å². The Morgan fingerprint density at radius 2 is 1.62 bits per heavy atom. The van der Waals surface area contributed by atoms with Gasteiger partial charge in [-0.25, -0.2) is 14.6 Å². The van der Waals surface area contributed by atoms with E-state index in [1.807, 2.05) is 0 Å². The van der Waals surface area contributed by atoms with Gasteiger partial charge in [0, 0.05) is 35.3 Å². The number of aromatic nitrogens is 1. The standard InChI is InChI=1S/C32H31F3N4O5S/c1-19-5-14-25(20-6-8-21(9-7-20)32(33,34)35)26(17-19)27(40)36-22-10-12-24(13-11-22)39(30(42)43)16-15-23-18-45-28(37-23)38-29(41)44-31(2,3)4/h5-14,17-18H,15-16H2,1-4H3,(H,36,40)(H,42,43)(H,37,38,41). The molecule has 4 aromatic rings. The number of hydrogen-bond donors (Lipinski definition) is 3. The molecule has 1 aromatic heterocycles. The number of amides is 3. The van der Waals surface area contributed by atoms with Gasteiger partial charge in [0.25, 0.3) is 5.91 Å². The number of nitrogens with zero attached hydrogens (tertiary/aromatic N) is 2. The topological polar surface area (TPSA) is 121 Å². The highest BCUT2D eigenvalue weighted by atomic mass is 32.1. The average molecular weight is 641 g/mol. The van der Waals surface area contributed by atoms with Crippen LogP contribution in [0.15, 0.2) is 72.1 Å². The summed E-state index contributed by atoms with van der Waals surface area (Å²) in [5.41, 5.74) is 1.87. The highest BCUT2D eigenvalue weighted by Crippen LogP contribution is 2.32. The predicted molar refractivity (Wildman–Crippen MR) is 167 cm³/mol. The molecule has 3 amide bonds. The molecular weight excluding hydrogens is 609 g/mol. The van der Waals surface area contributed by atoms with Crippen LogP contribution >= 0.6 is 11.3 Å². The molecule has 0 radical (unpaired) electrons. The first kappa shape index (κ1) is 33.0. The number of alkyl halides is 3. The zero-order valence-corrected chi connectivity index (χ0v) is 25.7. The van der Waals surface area contributed by atoms with E-state index >= 15 is 0 Å². The van der Waals surface area contributed by atoms with Crippen molar-refractivity contribution >= 4 is 45.9 Å². The molecular formula is C32H31F3N4O5S. The SMILES string of the molecule is Cc1ccc(-c2ccc(C(F)(F)F)cc2)c(C(=O)Nc2ccc(N(CCc3csc(NC(=O)OC(C)(C)C)n3)C(=O)O)cc2)c1. The highest BCUT2D eigenvalue weighted by Gasteiger charge is 2.30.